The fourth-order valence-electron chi connectivity index (χ4n) is 1.40. The molecule has 132 valence electrons. The number of carboxylic acid groups (broad SMARTS) is 2. The van der Waals surface area contributed by atoms with E-state index in [-0.39, 0.29) is 18.6 Å². The average molecular weight is 414 g/mol. The van der Waals surface area contributed by atoms with E-state index in [0.29, 0.717) is 11.1 Å². The zero-order valence-electron chi connectivity index (χ0n) is 12.3. The molecule has 0 spiro atoms. The maximum absolute atomic E-state index is 11.9. The first-order chi connectivity index (χ1) is 10.8. The van der Waals surface area contributed by atoms with Gasteiger partial charge in [0.25, 0.3) is 0 Å². The Kier molecular flexibility index (Phi) is 11.4. The minimum atomic E-state index is -1.21. The number of rotatable bonds is 12. The highest BCUT2D eigenvalue weighted by atomic mass is 79.9. The first-order valence-electron chi connectivity index (χ1n) is 6.68. The van der Waals surface area contributed by atoms with E-state index in [4.69, 9.17) is 15.9 Å². The smallest absolute Gasteiger partial charge is 0.322 e. The zero-order valence-corrected chi connectivity index (χ0v) is 14.7. The molecule has 0 heterocycles. The first kappa shape index (κ1) is 21.7. The number of carboxylic acids is 2. The summed E-state index contributed by atoms with van der Waals surface area (Å²) >= 11 is 4.64. The van der Waals surface area contributed by atoms with Crippen LogP contribution in [-0.4, -0.2) is 69.4 Å². The lowest BCUT2D eigenvalue weighted by Gasteiger charge is -2.18. The molecule has 23 heavy (non-hydrogen) atoms. The molecular formula is C12H20BrN3O6S. The molecule has 0 aromatic carbocycles. The highest BCUT2D eigenvalue weighted by molar-refractivity contribution is 9.09. The Bertz CT molecular complexity index is 437. The van der Waals surface area contributed by atoms with Gasteiger partial charge in [-0.1, -0.05) is 15.9 Å². The number of thioether (sulfide) groups is 1. The molecule has 0 radical (unpaired) electrons. The average Bonchev–Trinajstić information content (AvgIpc) is 2.49. The number of hydrogen-bond donors (Lipinski definition) is 5. The number of hydrogen-bond acceptors (Lipinski definition) is 6. The first-order valence-corrected chi connectivity index (χ1v) is 8.96. The molecule has 0 aliphatic heterocycles. The van der Waals surface area contributed by atoms with Gasteiger partial charge in [0, 0.05) is 23.3 Å². The van der Waals surface area contributed by atoms with E-state index in [1.807, 2.05) is 0 Å². The Morgan fingerprint density at radius 1 is 1.22 bits per heavy atom. The summed E-state index contributed by atoms with van der Waals surface area (Å²) in [4.78, 5) is 44.7. The highest BCUT2D eigenvalue weighted by Crippen LogP contribution is 2.05. The Hall–Kier alpha value is -1.33. The molecule has 11 heteroatoms. The Morgan fingerprint density at radius 3 is 2.39 bits per heavy atom. The van der Waals surface area contributed by atoms with Crippen molar-refractivity contribution in [1.29, 1.82) is 0 Å². The summed E-state index contributed by atoms with van der Waals surface area (Å²) in [6.45, 7) is -0.543. The second-order valence-electron chi connectivity index (χ2n) is 4.48. The summed E-state index contributed by atoms with van der Waals surface area (Å²) in [5.41, 5.74) is 5.30. The SMILES string of the molecule is NC(CCC(=O)NC(CSCCBr)C(=O)NCC(=O)O)C(=O)O. The molecule has 0 saturated carbocycles. The van der Waals surface area contributed by atoms with Gasteiger partial charge in [-0.3, -0.25) is 19.2 Å². The summed E-state index contributed by atoms with van der Waals surface area (Å²) in [6, 6.07) is -2.05. The van der Waals surface area contributed by atoms with Gasteiger partial charge in [0.05, 0.1) is 0 Å². The van der Waals surface area contributed by atoms with Gasteiger partial charge in [-0.2, -0.15) is 11.8 Å². The predicted molar refractivity (Wildman–Crippen MR) is 88.5 cm³/mol. The highest BCUT2D eigenvalue weighted by Gasteiger charge is 2.22. The van der Waals surface area contributed by atoms with Crippen molar-refractivity contribution in [2.24, 2.45) is 5.73 Å². The van der Waals surface area contributed by atoms with Crippen LogP contribution < -0.4 is 16.4 Å². The van der Waals surface area contributed by atoms with E-state index in [1.165, 1.54) is 11.8 Å². The Labute approximate surface area is 145 Å². The molecule has 0 rings (SSSR count). The van der Waals surface area contributed by atoms with Crippen molar-refractivity contribution < 1.29 is 29.4 Å². The molecule has 2 atom stereocenters. The number of carbonyl (C=O) groups is 4. The van der Waals surface area contributed by atoms with Gasteiger partial charge < -0.3 is 26.6 Å². The van der Waals surface area contributed by atoms with Crippen molar-refractivity contribution in [3.05, 3.63) is 0 Å². The third-order valence-electron chi connectivity index (χ3n) is 2.57. The fraction of sp³-hybridized carbons (Fsp3) is 0.667. The molecular weight excluding hydrogens is 394 g/mol. The molecule has 9 nitrogen and oxygen atoms in total. The van der Waals surface area contributed by atoms with E-state index in [9.17, 15) is 19.2 Å². The van der Waals surface area contributed by atoms with Crippen LogP contribution in [0.1, 0.15) is 12.8 Å². The van der Waals surface area contributed by atoms with Crippen LogP contribution in [0.25, 0.3) is 0 Å². The van der Waals surface area contributed by atoms with Crippen LogP contribution in [-0.2, 0) is 19.2 Å². The number of aliphatic carboxylic acids is 2. The van der Waals surface area contributed by atoms with Gasteiger partial charge in [-0.25, -0.2) is 0 Å². The number of amides is 2. The molecule has 0 aliphatic rings. The molecule has 2 amide bonds. The maximum atomic E-state index is 11.9. The number of nitrogens with one attached hydrogen (secondary N) is 2. The van der Waals surface area contributed by atoms with Crippen LogP contribution >= 0.6 is 27.7 Å². The van der Waals surface area contributed by atoms with Crippen molar-refractivity contribution in [3.63, 3.8) is 0 Å². The standard InChI is InChI=1S/C12H20BrN3O6S/c13-3-4-23-6-8(11(20)15-5-10(18)19)16-9(17)2-1-7(14)12(21)22/h7-8H,1-6,14H2,(H,15,20)(H,16,17)(H,18,19)(H,21,22). The third kappa shape index (κ3) is 10.9. The molecule has 2 unspecified atom stereocenters. The van der Waals surface area contributed by atoms with Crippen LogP contribution in [0.4, 0.5) is 0 Å². The van der Waals surface area contributed by atoms with Crippen LogP contribution in [0.3, 0.4) is 0 Å². The lowest BCUT2D eigenvalue weighted by molar-refractivity contribution is -0.139. The molecule has 0 fully saturated rings. The topological polar surface area (TPSA) is 159 Å². The largest absolute Gasteiger partial charge is 0.480 e. The fourth-order valence-corrected chi connectivity index (χ4v) is 2.83. The second-order valence-corrected chi connectivity index (χ2v) is 6.42. The van der Waals surface area contributed by atoms with Crippen LogP contribution in [0.15, 0.2) is 0 Å². The summed E-state index contributed by atoms with van der Waals surface area (Å²) in [5, 5.41) is 22.6. The molecule has 0 aliphatic carbocycles. The van der Waals surface area contributed by atoms with Gasteiger partial charge in [-0.15, -0.1) is 0 Å². The zero-order chi connectivity index (χ0) is 17.8. The molecule has 6 N–H and O–H groups in total. The minimum Gasteiger partial charge on any atom is -0.480 e. The quantitative estimate of drug-likeness (QED) is 0.201. The van der Waals surface area contributed by atoms with Crippen LogP contribution in [0, 0.1) is 0 Å². The predicted octanol–water partition coefficient (Wildman–Crippen LogP) is -1.01. The Balaban J connectivity index is 4.48. The van der Waals surface area contributed by atoms with E-state index >= 15 is 0 Å². The molecule has 0 saturated heterocycles. The summed E-state index contributed by atoms with van der Waals surface area (Å²) < 4.78 is 0. The van der Waals surface area contributed by atoms with E-state index in [1.54, 1.807) is 0 Å². The summed E-state index contributed by atoms with van der Waals surface area (Å²) in [6.07, 6.45) is -0.196. The minimum absolute atomic E-state index is 0.0564. The number of alkyl halides is 1. The molecule has 0 aromatic rings. The Morgan fingerprint density at radius 2 is 1.87 bits per heavy atom. The maximum Gasteiger partial charge on any atom is 0.322 e. The monoisotopic (exact) mass is 413 g/mol. The molecule has 0 bridgehead atoms. The summed E-state index contributed by atoms with van der Waals surface area (Å²) in [7, 11) is 0. The normalized spacial score (nSPS) is 13.0. The van der Waals surface area contributed by atoms with Gasteiger partial charge in [0.15, 0.2) is 0 Å². The van der Waals surface area contributed by atoms with E-state index in [0.717, 1.165) is 0 Å². The van der Waals surface area contributed by atoms with Crippen LogP contribution in [0.5, 0.6) is 0 Å². The number of nitrogens with two attached hydrogens (primary N) is 1. The lowest BCUT2D eigenvalue weighted by Crippen LogP contribution is -2.49. The number of halogens is 1. The number of carbonyl (C=O) groups excluding carboxylic acids is 2. The van der Waals surface area contributed by atoms with Crippen LogP contribution in [0.2, 0.25) is 0 Å². The van der Waals surface area contributed by atoms with Crippen molar-refractivity contribution in [2.75, 3.05) is 23.4 Å². The van der Waals surface area contributed by atoms with Gasteiger partial charge in [-0.05, 0) is 6.42 Å². The van der Waals surface area contributed by atoms with Gasteiger partial charge in [0.1, 0.15) is 18.6 Å². The van der Waals surface area contributed by atoms with Gasteiger partial charge >= 0.3 is 11.9 Å². The van der Waals surface area contributed by atoms with Crippen molar-refractivity contribution >= 4 is 51.4 Å². The molecule has 0 aromatic heterocycles. The third-order valence-corrected chi connectivity index (χ3v) is 4.55. The van der Waals surface area contributed by atoms with Gasteiger partial charge in [0.2, 0.25) is 11.8 Å². The second kappa shape index (κ2) is 12.1. The van der Waals surface area contributed by atoms with E-state index in [2.05, 4.69) is 26.6 Å². The van der Waals surface area contributed by atoms with Crippen molar-refractivity contribution in [3.8, 4) is 0 Å². The van der Waals surface area contributed by atoms with E-state index < -0.39 is 42.4 Å². The van der Waals surface area contributed by atoms with Crippen molar-refractivity contribution in [2.45, 2.75) is 24.9 Å². The lowest BCUT2D eigenvalue weighted by atomic mass is 10.1. The summed E-state index contributed by atoms with van der Waals surface area (Å²) in [5.74, 6) is -2.54. The van der Waals surface area contributed by atoms with Crippen molar-refractivity contribution in [1.82, 2.24) is 10.6 Å².